The van der Waals surface area contributed by atoms with Crippen LogP contribution in [0.4, 0.5) is 4.39 Å². The highest BCUT2D eigenvalue weighted by molar-refractivity contribution is 5.76. The van der Waals surface area contributed by atoms with Crippen molar-refractivity contribution in [2.24, 2.45) is 0 Å². The average Bonchev–Trinajstić information content (AvgIpc) is 2.82. The number of amides is 1. The Morgan fingerprint density at radius 2 is 2.19 bits per heavy atom. The van der Waals surface area contributed by atoms with Crippen LogP contribution >= 0.6 is 0 Å². The summed E-state index contributed by atoms with van der Waals surface area (Å²) in [6, 6.07) is 1.29. The van der Waals surface area contributed by atoms with Crippen LogP contribution in [0.15, 0.2) is 17.1 Å². The van der Waals surface area contributed by atoms with E-state index >= 15 is 0 Å². The van der Waals surface area contributed by atoms with Crippen molar-refractivity contribution in [1.29, 1.82) is 0 Å². The van der Waals surface area contributed by atoms with Gasteiger partial charge in [-0.05, 0) is 12.8 Å². The van der Waals surface area contributed by atoms with E-state index < -0.39 is 5.82 Å². The molecule has 1 fully saturated rings. The van der Waals surface area contributed by atoms with Crippen LogP contribution in [0, 0.1) is 5.82 Å². The molecule has 112 valence electrons. The van der Waals surface area contributed by atoms with Crippen LogP contribution in [-0.4, -0.2) is 38.4 Å². The Labute approximate surface area is 120 Å². The quantitative estimate of drug-likeness (QED) is 0.910. The lowest BCUT2D eigenvalue weighted by Gasteiger charge is -2.32. The Morgan fingerprint density at radius 1 is 1.48 bits per heavy atom. The number of piperidine rings is 1. The summed E-state index contributed by atoms with van der Waals surface area (Å²) < 4.78 is 14.9. The number of fused-ring (bicyclic) bond motifs is 1. The highest BCUT2D eigenvalue weighted by atomic mass is 19.1. The lowest BCUT2D eigenvalue weighted by molar-refractivity contribution is -0.132. The summed E-state index contributed by atoms with van der Waals surface area (Å²) in [6.45, 7) is 3.09. The normalized spacial score (nSPS) is 16.6. The molecule has 0 aromatic carbocycles. The first-order valence-corrected chi connectivity index (χ1v) is 7.13. The summed E-state index contributed by atoms with van der Waals surface area (Å²) in [6.07, 6.45) is 2.96. The molecule has 0 aliphatic carbocycles. The van der Waals surface area contributed by atoms with Gasteiger partial charge in [-0.3, -0.25) is 14.3 Å². The maximum absolute atomic E-state index is 13.4. The second kappa shape index (κ2) is 5.31. The van der Waals surface area contributed by atoms with E-state index in [0.29, 0.717) is 43.5 Å². The van der Waals surface area contributed by atoms with Gasteiger partial charge in [0, 0.05) is 31.6 Å². The highest BCUT2D eigenvalue weighted by Gasteiger charge is 2.25. The van der Waals surface area contributed by atoms with Crippen LogP contribution in [-0.2, 0) is 4.79 Å². The van der Waals surface area contributed by atoms with E-state index in [2.05, 4.69) is 9.97 Å². The second-order valence-electron chi connectivity index (χ2n) is 5.29. The minimum Gasteiger partial charge on any atom is -0.343 e. The zero-order chi connectivity index (χ0) is 15.0. The van der Waals surface area contributed by atoms with Crippen molar-refractivity contribution in [1.82, 2.24) is 19.4 Å². The molecule has 1 N–H and O–H groups in total. The number of hydrogen-bond acceptors (Lipinski definition) is 3. The molecule has 0 bridgehead atoms. The van der Waals surface area contributed by atoms with E-state index in [4.69, 9.17) is 0 Å². The SMILES string of the molecule is CCC(=O)N1CCC(n2c(=O)[nH]c3ncc(F)cc32)CC1. The largest absolute Gasteiger partial charge is 0.343 e. The summed E-state index contributed by atoms with van der Waals surface area (Å²) in [5.74, 6) is -0.332. The number of carbonyl (C=O) groups excluding carboxylic acids is 1. The van der Waals surface area contributed by atoms with E-state index in [0.717, 1.165) is 6.20 Å². The molecular weight excluding hydrogens is 275 g/mol. The standard InChI is InChI=1S/C14H17FN4O2/c1-2-12(20)18-5-3-10(4-6-18)19-11-7-9(15)8-16-13(11)17-14(19)21/h7-8,10H,2-6H2,1H3,(H,16,17,21). The Kier molecular flexibility index (Phi) is 3.48. The Hall–Kier alpha value is -2.18. The fraction of sp³-hybridized carbons (Fsp3) is 0.500. The molecule has 1 aliphatic heterocycles. The number of imidazole rings is 1. The fourth-order valence-corrected chi connectivity index (χ4v) is 2.94. The third kappa shape index (κ3) is 2.43. The van der Waals surface area contributed by atoms with Crippen molar-refractivity contribution < 1.29 is 9.18 Å². The highest BCUT2D eigenvalue weighted by Crippen LogP contribution is 2.24. The van der Waals surface area contributed by atoms with Gasteiger partial charge in [-0.1, -0.05) is 6.92 Å². The third-order valence-electron chi connectivity index (χ3n) is 4.02. The molecule has 0 atom stereocenters. The number of H-pyrrole nitrogens is 1. The maximum atomic E-state index is 13.4. The van der Waals surface area contributed by atoms with Crippen molar-refractivity contribution in [2.45, 2.75) is 32.2 Å². The van der Waals surface area contributed by atoms with E-state index in [1.165, 1.54) is 6.07 Å². The number of likely N-dealkylation sites (tertiary alicyclic amines) is 1. The van der Waals surface area contributed by atoms with Crippen LogP contribution in [0.5, 0.6) is 0 Å². The lowest BCUT2D eigenvalue weighted by Crippen LogP contribution is -2.40. The molecule has 1 saturated heterocycles. The summed E-state index contributed by atoms with van der Waals surface area (Å²) in [5.41, 5.74) is 0.608. The number of hydrogen-bond donors (Lipinski definition) is 1. The minimum absolute atomic E-state index is 0.0317. The fourth-order valence-electron chi connectivity index (χ4n) is 2.94. The van der Waals surface area contributed by atoms with Gasteiger partial charge in [-0.2, -0.15) is 0 Å². The zero-order valence-electron chi connectivity index (χ0n) is 11.8. The maximum Gasteiger partial charge on any atom is 0.327 e. The smallest absolute Gasteiger partial charge is 0.327 e. The molecule has 21 heavy (non-hydrogen) atoms. The summed E-state index contributed by atoms with van der Waals surface area (Å²) >= 11 is 0. The predicted octanol–water partition coefficient (Wildman–Crippen LogP) is 1.44. The van der Waals surface area contributed by atoms with Crippen LogP contribution in [0.2, 0.25) is 0 Å². The number of nitrogens with zero attached hydrogens (tertiary/aromatic N) is 3. The van der Waals surface area contributed by atoms with Crippen molar-refractivity contribution in [3.63, 3.8) is 0 Å². The van der Waals surface area contributed by atoms with E-state index in [1.807, 2.05) is 11.8 Å². The Balaban J connectivity index is 1.89. The molecule has 2 aromatic heterocycles. The number of nitrogens with one attached hydrogen (secondary N) is 1. The molecule has 0 unspecified atom stereocenters. The molecule has 7 heteroatoms. The zero-order valence-corrected chi connectivity index (χ0v) is 11.8. The van der Waals surface area contributed by atoms with Gasteiger partial charge in [-0.15, -0.1) is 0 Å². The monoisotopic (exact) mass is 292 g/mol. The van der Waals surface area contributed by atoms with Gasteiger partial charge in [0.15, 0.2) is 5.65 Å². The molecule has 3 rings (SSSR count). The molecule has 0 radical (unpaired) electrons. The topological polar surface area (TPSA) is 71.0 Å². The van der Waals surface area contributed by atoms with E-state index in [1.54, 1.807) is 4.57 Å². The second-order valence-corrected chi connectivity index (χ2v) is 5.29. The lowest BCUT2D eigenvalue weighted by atomic mass is 10.0. The molecule has 1 amide bonds. The van der Waals surface area contributed by atoms with Crippen molar-refractivity contribution in [3.05, 3.63) is 28.6 Å². The molecule has 0 saturated carbocycles. The predicted molar refractivity (Wildman–Crippen MR) is 75.5 cm³/mol. The van der Waals surface area contributed by atoms with E-state index in [-0.39, 0.29) is 17.6 Å². The van der Waals surface area contributed by atoms with Crippen molar-refractivity contribution in [3.8, 4) is 0 Å². The van der Waals surface area contributed by atoms with Gasteiger partial charge in [-0.25, -0.2) is 14.2 Å². The Morgan fingerprint density at radius 3 is 2.86 bits per heavy atom. The average molecular weight is 292 g/mol. The van der Waals surface area contributed by atoms with Crippen LogP contribution in [0.25, 0.3) is 11.2 Å². The number of halogens is 1. The molecule has 0 spiro atoms. The number of pyridine rings is 1. The van der Waals surface area contributed by atoms with Gasteiger partial charge < -0.3 is 4.90 Å². The van der Waals surface area contributed by atoms with Gasteiger partial charge in [0.05, 0.1) is 11.7 Å². The van der Waals surface area contributed by atoms with Crippen LogP contribution < -0.4 is 5.69 Å². The molecule has 3 heterocycles. The van der Waals surface area contributed by atoms with Crippen molar-refractivity contribution >= 4 is 17.1 Å². The summed E-state index contributed by atoms with van der Waals surface area (Å²) in [5, 5.41) is 0. The van der Waals surface area contributed by atoms with Crippen molar-refractivity contribution in [2.75, 3.05) is 13.1 Å². The third-order valence-corrected chi connectivity index (χ3v) is 4.02. The number of aromatic nitrogens is 3. The van der Waals surface area contributed by atoms with Gasteiger partial charge in [0.25, 0.3) is 0 Å². The first-order chi connectivity index (χ1) is 10.1. The first-order valence-electron chi connectivity index (χ1n) is 7.13. The van der Waals surface area contributed by atoms with Crippen LogP contribution in [0.1, 0.15) is 32.2 Å². The summed E-state index contributed by atoms with van der Waals surface area (Å²) in [7, 11) is 0. The Bertz CT molecular complexity index is 728. The van der Waals surface area contributed by atoms with Gasteiger partial charge >= 0.3 is 5.69 Å². The number of carbonyl (C=O) groups is 1. The van der Waals surface area contributed by atoms with Gasteiger partial charge in [0.2, 0.25) is 5.91 Å². The number of rotatable bonds is 2. The number of aromatic amines is 1. The van der Waals surface area contributed by atoms with Gasteiger partial charge in [0.1, 0.15) is 5.82 Å². The molecule has 1 aliphatic rings. The van der Waals surface area contributed by atoms with Crippen LogP contribution in [0.3, 0.4) is 0 Å². The molecular formula is C14H17FN4O2. The minimum atomic E-state index is -0.464. The molecule has 6 nitrogen and oxygen atoms in total. The first kappa shape index (κ1) is 13.8. The molecule has 2 aromatic rings. The van der Waals surface area contributed by atoms with E-state index in [9.17, 15) is 14.0 Å². The summed E-state index contributed by atoms with van der Waals surface area (Å²) in [4.78, 5) is 32.1.